The zero-order valence-corrected chi connectivity index (χ0v) is 16.4. The third-order valence-electron chi connectivity index (χ3n) is 4.72. The van der Waals surface area contributed by atoms with E-state index in [9.17, 15) is 13.2 Å². The number of benzene rings is 3. The number of carbonyl (C=O) groups excluding carboxylic acids is 1. The van der Waals surface area contributed by atoms with Crippen molar-refractivity contribution in [1.29, 1.82) is 0 Å². The molecule has 0 bridgehead atoms. The number of nitrogens with zero attached hydrogens (tertiary/aromatic N) is 1. The number of ether oxygens (including phenoxy) is 1. The Morgan fingerprint density at radius 2 is 1.86 bits per heavy atom. The maximum absolute atomic E-state index is 12.9. The summed E-state index contributed by atoms with van der Waals surface area (Å²) in [6.45, 7) is 1.80. The molecule has 1 atom stereocenters. The zero-order valence-electron chi connectivity index (χ0n) is 15.5. The van der Waals surface area contributed by atoms with Crippen LogP contribution in [0.25, 0.3) is 10.8 Å². The van der Waals surface area contributed by atoms with Gasteiger partial charge in [0.15, 0.2) is 6.10 Å². The summed E-state index contributed by atoms with van der Waals surface area (Å²) in [5, 5.41) is 4.79. The summed E-state index contributed by atoms with van der Waals surface area (Å²) in [6, 6.07) is 18.6. The molecule has 4 rings (SSSR count). The van der Waals surface area contributed by atoms with Crippen molar-refractivity contribution < 1.29 is 17.9 Å². The molecule has 0 saturated heterocycles. The summed E-state index contributed by atoms with van der Waals surface area (Å²) in [5.74, 6) is -0.0171. The molecule has 1 amide bonds. The molecule has 28 heavy (non-hydrogen) atoms. The molecule has 0 unspecified atom stereocenters. The van der Waals surface area contributed by atoms with Gasteiger partial charge >= 0.3 is 0 Å². The minimum absolute atomic E-state index is 0.0775. The Morgan fingerprint density at radius 3 is 2.64 bits per heavy atom. The van der Waals surface area contributed by atoms with Gasteiger partial charge in [0, 0.05) is 11.1 Å². The molecule has 0 radical (unpaired) electrons. The first kappa shape index (κ1) is 18.3. The summed E-state index contributed by atoms with van der Waals surface area (Å²) >= 11 is 0. The first-order chi connectivity index (χ1) is 13.3. The van der Waals surface area contributed by atoms with Gasteiger partial charge in [-0.25, -0.2) is 8.42 Å². The molecule has 3 aromatic rings. The van der Waals surface area contributed by atoms with E-state index in [1.165, 1.54) is 4.31 Å². The summed E-state index contributed by atoms with van der Waals surface area (Å²) in [7, 11) is -3.56. The van der Waals surface area contributed by atoms with Crippen LogP contribution in [-0.4, -0.2) is 33.2 Å². The van der Waals surface area contributed by atoms with Gasteiger partial charge in [-0.1, -0.05) is 42.5 Å². The second-order valence-electron chi connectivity index (χ2n) is 6.89. The van der Waals surface area contributed by atoms with E-state index in [0.717, 1.165) is 22.6 Å². The Bertz CT molecular complexity index is 1170. The number of sulfonamides is 1. The molecule has 6 nitrogen and oxygen atoms in total. The van der Waals surface area contributed by atoms with Gasteiger partial charge in [0.25, 0.3) is 5.91 Å². The van der Waals surface area contributed by atoms with Crippen molar-refractivity contribution in [2.45, 2.75) is 13.0 Å². The molecule has 0 saturated carbocycles. The third-order valence-corrected chi connectivity index (χ3v) is 5.87. The fraction of sp³-hybridized carbons (Fsp3) is 0.190. The first-order valence-electron chi connectivity index (χ1n) is 8.86. The van der Waals surface area contributed by atoms with Crippen molar-refractivity contribution in [2.24, 2.45) is 0 Å². The standard InChI is InChI=1S/C21H20N2O4S/c1-14-10-11-19-18(12-14)23(28(2,25)26)13-20(27-19)21(24)22-17-9-5-7-15-6-3-4-8-16(15)17/h3-12,20H,13H2,1-2H3,(H,22,24)/t20-/m1/s1. The normalized spacial score (nSPS) is 16.4. The lowest BCUT2D eigenvalue weighted by Gasteiger charge is -2.34. The molecule has 0 spiro atoms. The average molecular weight is 396 g/mol. The Labute approximate surface area is 163 Å². The van der Waals surface area contributed by atoms with Crippen LogP contribution < -0.4 is 14.4 Å². The summed E-state index contributed by atoms with van der Waals surface area (Å²) < 4.78 is 31.7. The van der Waals surface area contributed by atoms with Crippen LogP contribution in [0.5, 0.6) is 5.75 Å². The highest BCUT2D eigenvalue weighted by Gasteiger charge is 2.35. The third kappa shape index (κ3) is 3.41. The molecule has 0 aliphatic carbocycles. The molecule has 1 N–H and O–H groups in total. The van der Waals surface area contributed by atoms with Crippen LogP contribution >= 0.6 is 0 Å². The fourth-order valence-electron chi connectivity index (χ4n) is 3.36. The van der Waals surface area contributed by atoms with Crippen LogP contribution in [-0.2, 0) is 14.8 Å². The van der Waals surface area contributed by atoms with Gasteiger partial charge in [0.05, 0.1) is 18.5 Å². The van der Waals surface area contributed by atoms with Gasteiger partial charge in [-0.3, -0.25) is 9.10 Å². The van der Waals surface area contributed by atoms with Gasteiger partial charge in [-0.15, -0.1) is 0 Å². The van der Waals surface area contributed by atoms with Gasteiger partial charge in [0.1, 0.15) is 5.75 Å². The highest BCUT2D eigenvalue weighted by atomic mass is 32.2. The van der Waals surface area contributed by atoms with E-state index in [-0.39, 0.29) is 6.54 Å². The Morgan fingerprint density at radius 1 is 1.11 bits per heavy atom. The Balaban J connectivity index is 1.66. The van der Waals surface area contributed by atoms with E-state index in [1.54, 1.807) is 12.1 Å². The van der Waals surface area contributed by atoms with Crippen molar-refractivity contribution in [1.82, 2.24) is 0 Å². The maximum Gasteiger partial charge on any atom is 0.267 e. The average Bonchev–Trinajstić information content (AvgIpc) is 2.66. The van der Waals surface area contributed by atoms with E-state index >= 15 is 0 Å². The molecule has 1 heterocycles. The quantitative estimate of drug-likeness (QED) is 0.737. The highest BCUT2D eigenvalue weighted by molar-refractivity contribution is 7.92. The summed E-state index contributed by atoms with van der Waals surface area (Å²) in [6.07, 6.45) is 0.174. The number of rotatable bonds is 3. The van der Waals surface area contributed by atoms with Gasteiger partial charge in [0.2, 0.25) is 10.0 Å². The largest absolute Gasteiger partial charge is 0.476 e. The number of hydrogen-bond acceptors (Lipinski definition) is 4. The number of amides is 1. The molecule has 3 aromatic carbocycles. The van der Waals surface area contributed by atoms with Crippen molar-refractivity contribution in [2.75, 3.05) is 22.4 Å². The molecule has 0 fully saturated rings. The van der Waals surface area contributed by atoms with Crippen LogP contribution in [0.3, 0.4) is 0 Å². The monoisotopic (exact) mass is 396 g/mol. The van der Waals surface area contributed by atoms with Crippen LogP contribution in [0.15, 0.2) is 60.7 Å². The topological polar surface area (TPSA) is 75.7 Å². The first-order valence-corrected chi connectivity index (χ1v) is 10.7. The number of fused-ring (bicyclic) bond motifs is 2. The molecular weight excluding hydrogens is 376 g/mol. The number of nitrogens with one attached hydrogen (secondary N) is 1. The van der Waals surface area contributed by atoms with E-state index in [1.807, 2.05) is 55.5 Å². The van der Waals surface area contributed by atoms with Crippen LogP contribution in [0.2, 0.25) is 0 Å². The van der Waals surface area contributed by atoms with Gasteiger partial charge < -0.3 is 10.1 Å². The maximum atomic E-state index is 12.9. The predicted molar refractivity (Wildman–Crippen MR) is 110 cm³/mol. The second-order valence-corrected chi connectivity index (χ2v) is 8.79. The fourth-order valence-corrected chi connectivity index (χ4v) is 4.27. The van der Waals surface area contributed by atoms with Gasteiger partial charge in [-0.2, -0.15) is 0 Å². The lowest BCUT2D eigenvalue weighted by Crippen LogP contribution is -2.48. The van der Waals surface area contributed by atoms with E-state index in [0.29, 0.717) is 17.1 Å². The number of anilines is 2. The van der Waals surface area contributed by atoms with Crippen molar-refractivity contribution in [3.05, 3.63) is 66.2 Å². The lowest BCUT2D eigenvalue weighted by atomic mass is 10.1. The molecule has 1 aliphatic rings. The zero-order chi connectivity index (χ0) is 19.9. The molecule has 1 aliphatic heterocycles. The van der Waals surface area contributed by atoms with Crippen molar-refractivity contribution in [3.63, 3.8) is 0 Å². The van der Waals surface area contributed by atoms with E-state index < -0.39 is 22.0 Å². The van der Waals surface area contributed by atoms with Crippen molar-refractivity contribution in [3.8, 4) is 5.75 Å². The minimum Gasteiger partial charge on any atom is -0.476 e. The second kappa shape index (κ2) is 6.83. The Kier molecular flexibility index (Phi) is 4.47. The molecule has 0 aromatic heterocycles. The predicted octanol–water partition coefficient (Wildman–Crippen LogP) is 3.31. The van der Waals surface area contributed by atoms with Crippen LogP contribution in [0, 0.1) is 6.92 Å². The van der Waals surface area contributed by atoms with Crippen molar-refractivity contribution >= 4 is 38.1 Å². The highest BCUT2D eigenvalue weighted by Crippen LogP contribution is 2.36. The van der Waals surface area contributed by atoms with Crippen LogP contribution in [0.4, 0.5) is 11.4 Å². The molecular formula is C21H20N2O4S. The number of aryl methyl sites for hydroxylation is 1. The molecule has 7 heteroatoms. The number of carbonyl (C=O) groups is 1. The SMILES string of the molecule is Cc1ccc2c(c1)N(S(C)(=O)=O)C[C@H](C(=O)Nc1cccc3ccccc13)O2. The van der Waals surface area contributed by atoms with Crippen LogP contribution in [0.1, 0.15) is 5.56 Å². The smallest absolute Gasteiger partial charge is 0.267 e. The number of hydrogen-bond donors (Lipinski definition) is 1. The molecule has 144 valence electrons. The van der Waals surface area contributed by atoms with Gasteiger partial charge in [-0.05, 0) is 36.1 Å². The Hall–Kier alpha value is -3.06. The summed E-state index contributed by atoms with van der Waals surface area (Å²) in [5.41, 5.74) is 2.03. The minimum atomic E-state index is -3.56. The lowest BCUT2D eigenvalue weighted by molar-refractivity contribution is -0.122. The van der Waals surface area contributed by atoms with E-state index in [2.05, 4.69) is 5.32 Å². The van der Waals surface area contributed by atoms with E-state index in [4.69, 9.17) is 4.74 Å². The summed E-state index contributed by atoms with van der Waals surface area (Å²) in [4.78, 5) is 12.9.